The van der Waals surface area contributed by atoms with Crippen molar-refractivity contribution in [2.45, 2.75) is 51.1 Å². The van der Waals surface area contributed by atoms with Crippen molar-refractivity contribution in [3.8, 4) is 0 Å². The third-order valence-electron chi connectivity index (χ3n) is 3.53. The fourth-order valence-electron chi connectivity index (χ4n) is 2.15. The van der Waals surface area contributed by atoms with E-state index < -0.39 is 0 Å². The molecule has 1 aromatic heterocycles. The molecule has 0 aromatic carbocycles. The fourth-order valence-corrected chi connectivity index (χ4v) is 3.39. The maximum atomic E-state index is 5.95. The highest BCUT2D eigenvalue weighted by Gasteiger charge is 2.32. The van der Waals surface area contributed by atoms with Crippen molar-refractivity contribution in [1.29, 1.82) is 0 Å². The lowest BCUT2D eigenvalue weighted by molar-refractivity contribution is 0.243. The Labute approximate surface area is 109 Å². The van der Waals surface area contributed by atoms with E-state index in [1.54, 1.807) is 0 Å². The number of rotatable bonds is 4. The summed E-state index contributed by atoms with van der Waals surface area (Å²) in [4.78, 5) is 5.33. The molecule has 1 atom stereocenters. The van der Waals surface area contributed by atoms with Gasteiger partial charge >= 0.3 is 0 Å². The molecule has 2 nitrogen and oxygen atoms in total. The lowest BCUT2D eigenvalue weighted by atomic mass is 9.95. The zero-order chi connectivity index (χ0) is 12.6. The highest BCUT2D eigenvalue weighted by atomic mass is 32.1. The molecule has 3 heteroatoms. The summed E-state index contributed by atoms with van der Waals surface area (Å²) in [5.74, 6) is 0. The summed E-state index contributed by atoms with van der Waals surface area (Å²) in [7, 11) is 2.21. The maximum Gasteiger partial charge on any atom is 0.0564 e. The van der Waals surface area contributed by atoms with E-state index in [1.807, 2.05) is 11.3 Å². The van der Waals surface area contributed by atoms with E-state index in [9.17, 15) is 0 Å². The van der Waals surface area contributed by atoms with E-state index in [4.69, 9.17) is 5.73 Å². The zero-order valence-electron chi connectivity index (χ0n) is 11.4. The maximum absolute atomic E-state index is 5.95. The molecule has 0 saturated heterocycles. The number of nitrogens with zero attached hydrogens (tertiary/aromatic N) is 1. The Bertz CT molecular complexity index is 374. The van der Waals surface area contributed by atoms with Gasteiger partial charge in [-0.3, -0.25) is 4.90 Å². The van der Waals surface area contributed by atoms with Crippen LogP contribution in [0.3, 0.4) is 0 Å². The first-order valence-corrected chi connectivity index (χ1v) is 7.27. The van der Waals surface area contributed by atoms with Gasteiger partial charge in [0.25, 0.3) is 0 Å². The minimum atomic E-state index is 0.250. The molecule has 0 radical (unpaired) electrons. The molecular weight excluding hydrogens is 228 g/mol. The number of likely N-dealkylation sites (N-methyl/N-ethyl adjacent to an activating group) is 1. The Morgan fingerprint density at radius 3 is 2.47 bits per heavy atom. The minimum Gasteiger partial charge on any atom is -0.329 e. The molecule has 17 heavy (non-hydrogen) atoms. The van der Waals surface area contributed by atoms with Crippen LogP contribution in [0.5, 0.6) is 0 Å². The van der Waals surface area contributed by atoms with E-state index in [2.05, 4.69) is 44.9 Å². The van der Waals surface area contributed by atoms with Crippen LogP contribution in [-0.4, -0.2) is 24.5 Å². The third kappa shape index (κ3) is 2.90. The van der Waals surface area contributed by atoms with Crippen molar-refractivity contribution < 1.29 is 0 Å². The average Bonchev–Trinajstić information content (AvgIpc) is 2.97. The van der Waals surface area contributed by atoms with Crippen molar-refractivity contribution in [2.75, 3.05) is 13.6 Å². The second kappa shape index (κ2) is 4.71. The van der Waals surface area contributed by atoms with Crippen LogP contribution in [0.25, 0.3) is 0 Å². The van der Waals surface area contributed by atoms with Crippen LogP contribution in [0.4, 0.5) is 0 Å². The molecule has 0 bridgehead atoms. The second-order valence-corrected chi connectivity index (χ2v) is 7.22. The van der Waals surface area contributed by atoms with Gasteiger partial charge in [-0.25, -0.2) is 0 Å². The standard InChI is InChI=1S/C14H24N2S/c1-14(2,3)13-8-7-12(17-13)11(9-15)16(4)10-5-6-10/h7-8,10-11H,5-6,9,15H2,1-4H3. The molecule has 1 aliphatic carbocycles. The molecule has 1 fully saturated rings. The number of hydrogen-bond acceptors (Lipinski definition) is 3. The van der Waals surface area contributed by atoms with Gasteiger partial charge in [-0.15, -0.1) is 11.3 Å². The SMILES string of the molecule is CN(C1CC1)C(CN)c1ccc(C(C)(C)C)s1. The summed E-state index contributed by atoms with van der Waals surface area (Å²) in [6, 6.07) is 5.71. The Morgan fingerprint density at radius 2 is 2.06 bits per heavy atom. The van der Waals surface area contributed by atoms with Crippen LogP contribution in [-0.2, 0) is 5.41 Å². The number of hydrogen-bond donors (Lipinski definition) is 1. The van der Waals surface area contributed by atoms with Crippen LogP contribution in [0.1, 0.15) is 49.4 Å². The lowest BCUT2D eigenvalue weighted by Crippen LogP contribution is -2.31. The summed E-state index contributed by atoms with van der Waals surface area (Å²) in [5.41, 5.74) is 6.20. The molecule has 1 aromatic rings. The Kier molecular flexibility index (Phi) is 3.62. The topological polar surface area (TPSA) is 29.3 Å². The molecule has 0 amide bonds. The average molecular weight is 252 g/mol. The Hall–Kier alpha value is -0.380. The Morgan fingerprint density at radius 1 is 1.41 bits per heavy atom. The van der Waals surface area contributed by atoms with E-state index in [1.165, 1.54) is 22.6 Å². The van der Waals surface area contributed by atoms with Crippen LogP contribution in [0, 0.1) is 0 Å². The molecule has 0 aliphatic heterocycles. The predicted molar refractivity (Wildman–Crippen MR) is 75.6 cm³/mol. The molecule has 96 valence electrons. The smallest absolute Gasteiger partial charge is 0.0564 e. The van der Waals surface area contributed by atoms with Crippen molar-refractivity contribution in [3.05, 3.63) is 21.9 Å². The largest absolute Gasteiger partial charge is 0.329 e. The van der Waals surface area contributed by atoms with E-state index >= 15 is 0 Å². The molecule has 1 saturated carbocycles. The van der Waals surface area contributed by atoms with Crippen molar-refractivity contribution in [3.63, 3.8) is 0 Å². The van der Waals surface area contributed by atoms with Gasteiger partial charge in [-0.05, 0) is 37.4 Å². The highest BCUT2D eigenvalue weighted by Crippen LogP contribution is 2.37. The van der Waals surface area contributed by atoms with Crippen molar-refractivity contribution >= 4 is 11.3 Å². The predicted octanol–water partition coefficient (Wildman–Crippen LogP) is 3.14. The van der Waals surface area contributed by atoms with Gasteiger partial charge in [0.2, 0.25) is 0 Å². The number of nitrogens with two attached hydrogens (primary N) is 1. The van der Waals surface area contributed by atoms with Crippen LogP contribution in [0.15, 0.2) is 12.1 Å². The van der Waals surface area contributed by atoms with Gasteiger partial charge < -0.3 is 5.73 Å². The Balaban J connectivity index is 2.16. The zero-order valence-corrected chi connectivity index (χ0v) is 12.2. The lowest BCUT2D eigenvalue weighted by Gasteiger charge is -2.26. The first-order chi connectivity index (χ1) is 7.93. The molecular formula is C14H24N2S. The van der Waals surface area contributed by atoms with Crippen molar-refractivity contribution in [1.82, 2.24) is 4.90 Å². The first-order valence-electron chi connectivity index (χ1n) is 6.45. The second-order valence-electron chi connectivity index (χ2n) is 6.10. The molecule has 1 aliphatic rings. The third-order valence-corrected chi connectivity index (χ3v) is 5.14. The van der Waals surface area contributed by atoms with Gasteiger partial charge in [-0.2, -0.15) is 0 Å². The molecule has 1 unspecified atom stereocenters. The first kappa shape index (κ1) is 13.1. The van der Waals surface area contributed by atoms with Gasteiger partial charge in [0.05, 0.1) is 6.04 Å². The molecule has 2 N–H and O–H groups in total. The van der Waals surface area contributed by atoms with Gasteiger partial charge in [0, 0.05) is 22.3 Å². The summed E-state index contributed by atoms with van der Waals surface area (Å²) in [5, 5.41) is 0. The molecule has 0 spiro atoms. The van der Waals surface area contributed by atoms with E-state index in [0.29, 0.717) is 6.04 Å². The van der Waals surface area contributed by atoms with Crippen molar-refractivity contribution in [2.24, 2.45) is 5.73 Å². The van der Waals surface area contributed by atoms with E-state index in [-0.39, 0.29) is 5.41 Å². The van der Waals surface area contributed by atoms with Crippen LogP contribution in [0.2, 0.25) is 0 Å². The van der Waals surface area contributed by atoms with Crippen LogP contribution < -0.4 is 5.73 Å². The minimum absolute atomic E-state index is 0.250. The van der Waals surface area contributed by atoms with Gasteiger partial charge in [-0.1, -0.05) is 20.8 Å². The molecule has 1 heterocycles. The summed E-state index contributed by atoms with van der Waals surface area (Å²) in [6.45, 7) is 7.52. The number of thiophene rings is 1. The van der Waals surface area contributed by atoms with Gasteiger partial charge in [0.1, 0.15) is 0 Å². The summed E-state index contributed by atoms with van der Waals surface area (Å²) >= 11 is 1.92. The normalized spacial score (nSPS) is 18.7. The quantitative estimate of drug-likeness (QED) is 0.892. The fraction of sp³-hybridized carbons (Fsp3) is 0.714. The van der Waals surface area contributed by atoms with Crippen LogP contribution >= 0.6 is 11.3 Å². The van der Waals surface area contributed by atoms with Gasteiger partial charge in [0.15, 0.2) is 0 Å². The summed E-state index contributed by atoms with van der Waals surface area (Å²) in [6.07, 6.45) is 2.68. The molecule has 2 rings (SSSR count). The highest BCUT2D eigenvalue weighted by molar-refractivity contribution is 7.12. The van der Waals surface area contributed by atoms with E-state index in [0.717, 1.165) is 12.6 Å². The summed E-state index contributed by atoms with van der Waals surface area (Å²) < 4.78 is 0. The monoisotopic (exact) mass is 252 g/mol.